The quantitative estimate of drug-likeness (QED) is 0.933. The van der Waals surface area contributed by atoms with Crippen LogP contribution in [-0.2, 0) is 5.54 Å². The van der Waals surface area contributed by atoms with Crippen LogP contribution in [0.15, 0.2) is 30.3 Å². The van der Waals surface area contributed by atoms with E-state index >= 15 is 0 Å². The minimum Gasteiger partial charge on any atom is -0.496 e. The molecule has 112 valence electrons. The van der Waals surface area contributed by atoms with Crippen molar-refractivity contribution < 1.29 is 13.5 Å². The molecule has 4 heteroatoms. The van der Waals surface area contributed by atoms with Crippen LogP contribution in [0.1, 0.15) is 29.2 Å². The fourth-order valence-corrected chi connectivity index (χ4v) is 2.47. The number of methoxy groups -OCH3 is 1. The minimum absolute atomic E-state index is 0.363. The van der Waals surface area contributed by atoms with Crippen LogP contribution >= 0.6 is 0 Å². The maximum atomic E-state index is 13.5. The van der Waals surface area contributed by atoms with Gasteiger partial charge in [-0.3, -0.25) is 0 Å². The summed E-state index contributed by atoms with van der Waals surface area (Å²) in [6.45, 7) is 5.62. The molecule has 0 spiro atoms. The average Bonchev–Trinajstić information content (AvgIpc) is 2.40. The Balaban J connectivity index is 2.66. The molecule has 2 nitrogen and oxygen atoms in total. The van der Waals surface area contributed by atoms with Crippen molar-refractivity contribution >= 4 is 0 Å². The fraction of sp³-hybridized carbons (Fsp3) is 0.294. The highest BCUT2D eigenvalue weighted by molar-refractivity contribution is 5.52. The Labute approximate surface area is 123 Å². The zero-order valence-corrected chi connectivity index (χ0v) is 12.6. The van der Waals surface area contributed by atoms with Gasteiger partial charge in [0.05, 0.1) is 12.6 Å². The third-order valence-corrected chi connectivity index (χ3v) is 3.90. The lowest BCUT2D eigenvalue weighted by atomic mass is 9.83. The molecule has 0 bridgehead atoms. The molecule has 2 aromatic rings. The third kappa shape index (κ3) is 2.76. The summed E-state index contributed by atoms with van der Waals surface area (Å²) >= 11 is 0. The molecular formula is C17H19F2NO. The number of halogens is 2. The van der Waals surface area contributed by atoms with Gasteiger partial charge in [-0.15, -0.1) is 0 Å². The predicted molar refractivity (Wildman–Crippen MR) is 79.5 cm³/mol. The lowest BCUT2D eigenvalue weighted by Crippen LogP contribution is -2.35. The Kier molecular flexibility index (Phi) is 4.01. The van der Waals surface area contributed by atoms with E-state index in [1.165, 1.54) is 12.1 Å². The first kappa shape index (κ1) is 15.4. The number of aryl methyl sites for hydroxylation is 1. The first-order valence-electron chi connectivity index (χ1n) is 6.67. The second-order valence-electron chi connectivity index (χ2n) is 5.45. The van der Waals surface area contributed by atoms with Crippen LogP contribution in [0.5, 0.6) is 5.75 Å². The van der Waals surface area contributed by atoms with Gasteiger partial charge in [-0.2, -0.15) is 0 Å². The number of hydrogen-bond acceptors (Lipinski definition) is 2. The van der Waals surface area contributed by atoms with Crippen molar-refractivity contribution in [3.63, 3.8) is 0 Å². The molecule has 2 rings (SSSR count). The van der Waals surface area contributed by atoms with Crippen LogP contribution in [0.25, 0.3) is 0 Å². The molecule has 21 heavy (non-hydrogen) atoms. The molecule has 0 fully saturated rings. The van der Waals surface area contributed by atoms with Crippen molar-refractivity contribution in [1.82, 2.24) is 0 Å². The van der Waals surface area contributed by atoms with Gasteiger partial charge in [0.1, 0.15) is 17.4 Å². The zero-order chi connectivity index (χ0) is 15.8. The van der Waals surface area contributed by atoms with Gasteiger partial charge in [-0.05, 0) is 49.6 Å². The summed E-state index contributed by atoms with van der Waals surface area (Å²) in [5.74, 6) is -0.654. The average molecular weight is 291 g/mol. The number of ether oxygens (including phenoxy) is 1. The molecule has 2 N–H and O–H groups in total. The third-order valence-electron chi connectivity index (χ3n) is 3.90. The monoisotopic (exact) mass is 291 g/mol. The first-order chi connectivity index (χ1) is 9.77. The molecule has 1 unspecified atom stereocenters. The molecule has 1 atom stereocenters. The van der Waals surface area contributed by atoms with Crippen molar-refractivity contribution in [2.45, 2.75) is 26.3 Å². The Morgan fingerprint density at radius 2 is 1.62 bits per heavy atom. The molecule has 0 saturated heterocycles. The number of hydrogen-bond donors (Lipinski definition) is 1. The van der Waals surface area contributed by atoms with Crippen LogP contribution in [0.2, 0.25) is 0 Å². The highest BCUT2D eigenvalue weighted by Crippen LogP contribution is 2.37. The maximum Gasteiger partial charge on any atom is 0.127 e. The van der Waals surface area contributed by atoms with E-state index in [9.17, 15) is 8.78 Å². The van der Waals surface area contributed by atoms with Gasteiger partial charge in [-0.25, -0.2) is 8.78 Å². The van der Waals surface area contributed by atoms with Crippen molar-refractivity contribution in [1.29, 1.82) is 0 Å². The Hall–Kier alpha value is -1.94. The molecule has 2 aromatic carbocycles. The Bertz CT molecular complexity index is 660. The second-order valence-corrected chi connectivity index (χ2v) is 5.45. The second kappa shape index (κ2) is 5.45. The van der Waals surface area contributed by atoms with E-state index in [1.54, 1.807) is 14.0 Å². The molecular weight excluding hydrogens is 272 g/mol. The largest absolute Gasteiger partial charge is 0.496 e. The van der Waals surface area contributed by atoms with E-state index < -0.39 is 17.2 Å². The number of benzene rings is 2. The highest BCUT2D eigenvalue weighted by Gasteiger charge is 2.29. The van der Waals surface area contributed by atoms with E-state index in [0.29, 0.717) is 16.9 Å². The summed E-state index contributed by atoms with van der Waals surface area (Å²) in [5.41, 5.74) is 8.40. The van der Waals surface area contributed by atoms with E-state index in [1.807, 2.05) is 26.0 Å². The smallest absolute Gasteiger partial charge is 0.127 e. The van der Waals surface area contributed by atoms with Crippen LogP contribution in [0, 0.1) is 25.5 Å². The molecule has 0 aliphatic carbocycles. The molecule has 0 aliphatic heterocycles. The number of nitrogens with two attached hydrogens (primary N) is 1. The summed E-state index contributed by atoms with van der Waals surface area (Å²) in [5, 5.41) is 0. The highest BCUT2D eigenvalue weighted by atomic mass is 19.1. The first-order valence-corrected chi connectivity index (χ1v) is 6.67. The zero-order valence-electron chi connectivity index (χ0n) is 12.6. The Morgan fingerprint density at radius 3 is 2.14 bits per heavy atom. The van der Waals surface area contributed by atoms with Crippen molar-refractivity contribution in [3.8, 4) is 5.75 Å². The van der Waals surface area contributed by atoms with Gasteiger partial charge < -0.3 is 10.5 Å². The van der Waals surface area contributed by atoms with Gasteiger partial charge in [0.2, 0.25) is 0 Å². The normalized spacial score (nSPS) is 13.9. The molecule has 0 aliphatic rings. The van der Waals surface area contributed by atoms with E-state index in [-0.39, 0.29) is 0 Å². The van der Waals surface area contributed by atoms with Gasteiger partial charge in [-0.1, -0.05) is 12.1 Å². The summed E-state index contributed by atoms with van der Waals surface area (Å²) in [6, 6.07) is 7.09. The maximum absolute atomic E-state index is 13.5. The molecule has 0 aromatic heterocycles. The Morgan fingerprint density at radius 1 is 1.05 bits per heavy atom. The predicted octanol–water partition coefficient (Wildman–Crippen LogP) is 3.81. The summed E-state index contributed by atoms with van der Waals surface area (Å²) < 4.78 is 32.4. The molecule has 0 amide bonds. The van der Waals surface area contributed by atoms with Crippen LogP contribution < -0.4 is 10.5 Å². The number of rotatable bonds is 3. The fourth-order valence-electron chi connectivity index (χ4n) is 2.47. The van der Waals surface area contributed by atoms with Crippen LogP contribution in [-0.4, -0.2) is 7.11 Å². The van der Waals surface area contributed by atoms with E-state index in [4.69, 9.17) is 10.5 Å². The lowest BCUT2D eigenvalue weighted by Gasteiger charge is -2.29. The van der Waals surface area contributed by atoms with Gasteiger partial charge in [0.25, 0.3) is 0 Å². The standard InChI is InChI=1S/C17H19F2NO/c1-10-5-6-15(16(21-4)11(10)2)17(3,20)12-7-13(18)9-14(19)8-12/h5-9H,20H2,1-4H3. The van der Waals surface area contributed by atoms with Crippen LogP contribution in [0.4, 0.5) is 8.78 Å². The minimum atomic E-state index is -1.06. The van der Waals surface area contributed by atoms with E-state index in [2.05, 4.69) is 0 Å². The van der Waals surface area contributed by atoms with Gasteiger partial charge in [0, 0.05) is 11.6 Å². The van der Waals surface area contributed by atoms with Gasteiger partial charge >= 0.3 is 0 Å². The van der Waals surface area contributed by atoms with Crippen molar-refractivity contribution in [2.24, 2.45) is 5.73 Å². The lowest BCUT2D eigenvalue weighted by molar-refractivity contribution is 0.395. The SMILES string of the molecule is COc1c(C(C)(N)c2cc(F)cc(F)c2)ccc(C)c1C. The topological polar surface area (TPSA) is 35.2 Å². The summed E-state index contributed by atoms with van der Waals surface area (Å²) in [4.78, 5) is 0. The summed E-state index contributed by atoms with van der Waals surface area (Å²) in [6.07, 6.45) is 0. The molecule has 0 heterocycles. The van der Waals surface area contributed by atoms with Crippen LogP contribution in [0.3, 0.4) is 0 Å². The van der Waals surface area contributed by atoms with Crippen molar-refractivity contribution in [3.05, 3.63) is 64.2 Å². The van der Waals surface area contributed by atoms with E-state index in [0.717, 1.165) is 17.2 Å². The van der Waals surface area contributed by atoms with Gasteiger partial charge in [0.15, 0.2) is 0 Å². The molecule has 0 saturated carbocycles. The van der Waals surface area contributed by atoms with Crippen molar-refractivity contribution in [2.75, 3.05) is 7.11 Å². The summed E-state index contributed by atoms with van der Waals surface area (Å²) in [7, 11) is 1.56. The molecule has 0 radical (unpaired) electrons.